The van der Waals surface area contributed by atoms with Crippen LogP contribution in [0.1, 0.15) is 31.4 Å². The number of rotatable bonds is 6. The van der Waals surface area contributed by atoms with Gasteiger partial charge in [0.1, 0.15) is 5.75 Å². The molecule has 0 radical (unpaired) electrons. The molecule has 1 aliphatic rings. The van der Waals surface area contributed by atoms with Crippen molar-refractivity contribution >= 4 is 11.6 Å². The topological polar surface area (TPSA) is 50.7 Å². The molecule has 4 nitrogen and oxygen atoms in total. The zero-order valence-corrected chi connectivity index (χ0v) is 13.4. The first-order valence-electron chi connectivity index (χ1n) is 7.36. The van der Waals surface area contributed by atoms with E-state index in [2.05, 4.69) is 12.2 Å². The van der Waals surface area contributed by atoms with Gasteiger partial charge in [0.2, 0.25) is 0 Å². The Morgan fingerprint density at radius 2 is 2.14 bits per heavy atom. The van der Waals surface area contributed by atoms with Gasteiger partial charge in [0.15, 0.2) is 0 Å². The van der Waals surface area contributed by atoms with Crippen molar-refractivity contribution in [2.75, 3.05) is 33.5 Å². The van der Waals surface area contributed by atoms with Crippen molar-refractivity contribution in [3.05, 3.63) is 28.8 Å². The molecule has 0 spiro atoms. The molecular formula is C16H24ClNO3. The first-order chi connectivity index (χ1) is 10.1. The zero-order chi connectivity index (χ0) is 15.3. The van der Waals surface area contributed by atoms with E-state index in [1.807, 2.05) is 18.2 Å². The van der Waals surface area contributed by atoms with Crippen LogP contribution in [0.3, 0.4) is 0 Å². The molecule has 21 heavy (non-hydrogen) atoms. The second kappa shape index (κ2) is 7.45. The maximum Gasteiger partial charge on any atom is 0.123 e. The molecule has 1 aromatic carbocycles. The van der Waals surface area contributed by atoms with Gasteiger partial charge in [-0.3, -0.25) is 0 Å². The number of nitrogens with one attached hydrogen (secondary N) is 1. The van der Waals surface area contributed by atoms with Gasteiger partial charge in [0, 0.05) is 41.8 Å². The average Bonchev–Trinajstić information content (AvgIpc) is 2.53. The largest absolute Gasteiger partial charge is 0.496 e. The molecule has 1 aliphatic heterocycles. The van der Waals surface area contributed by atoms with Crippen LogP contribution in [0.25, 0.3) is 0 Å². The predicted molar refractivity (Wildman–Crippen MR) is 84.0 cm³/mol. The number of halogens is 1. The molecule has 0 aliphatic carbocycles. The van der Waals surface area contributed by atoms with Crippen molar-refractivity contribution in [2.24, 2.45) is 5.41 Å². The molecule has 5 heteroatoms. The van der Waals surface area contributed by atoms with Crippen molar-refractivity contribution in [1.29, 1.82) is 0 Å². The quantitative estimate of drug-likeness (QED) is 0.848. The van der Waals surface area contributed by atoms with Crippen molar-refractivity contribution in [3.63, 3.8) is 0 Å². The third kappa shape index (κ3) is 4.10. The van der Waals surface area contributed by atoms with Gasteiger partial charge in [-0.1, -0.05) is 11.6 Å². The van der Waals surface area contributed by atoms with E-state index in [1.54, 1.807) is 7.11 Å². The fourth-order valence-corrected chi connectivity index (χ4v) is 2.90. The standard InChI is InChI=1S/C16H24ClNO3/c1-12(14-9-13(17)3-4-15(14)20-2)18-10-16(11-19)5-7-21-8-6-16/h3-4,9,12,18-19H,5-8,10-11H2,1-2H3. The van der Waals surface area contributed by atoms with Crippen LogP contribution in [0, 0.1) is 5.41 Å². The van der Waals surface area contributed by atoms with E-state index in [1.165, 1.54) is 0 Å². The highest BCUT2D eigenvalue weighted by Crippen LogP contribution is 2.32. The van der Waals surface area contributed by atoms with Gasteiger partial charge in [-0.15, -0.1) is 0 Å². The van der Waals surface area contributed by atoms with Crippen LogP contribution in [-0.2, 0) is 4.74 Å². The highest BCUT2D eigenvalue weighted by molar-refractivity contribution is 6.30. The number of ether oxygens (including phenoxy) is 2. The Morgan fingerprint density at radius 1 is 1.43 bits per heavy atom. The monoisotopic (exact) mass is 313 g/mol. The average molecular weight is 314 g/mol. The molecule has 2 N–H and O–H groups in total. The lowest BCUT2D eigenvalue weighted by Gasteiger charge is -2.36. The van der Waals surface area contributed by atoms with Crippen LogP contribution in [0.2, 0.25) is 5.02 Å². The molecule has 0 aromatic heterocycles. The van der Waals surface area contributed by atoms with Crippen molar-refractivity contribution < 1.29 is 14.6 Å². The van der Waals surface area contributed by atoms with Crippen LogP contribution >= 0.6 is 11.6 Å². The normalized spacial score (nSPS) is 19.2. The summed E-state index contributed by atoms with van der Waals surface area (Å²) in [5, 5.41) is 13.9. The summed E-state index contributed by atoms with van der Waals surface area (Å²) in [6.07, 6.45) is 1.77. The molecule has 2 rings (SSSR count). The van der Waals surface area contributed by atoms with Crippen LogP contribution in [-0.4, -0.2) is 38.6 Å². The molecular weight excluding hydrogens is 290 g/mol. The van der Waals surface area contributed by atoms with E-state index in [9.17, 15) is 5.11 Å². The molecule has 118 valence electrons. The smallest absolute Gasteiger partial charge is 0.123 e. The molecule has 0 saturated carbocycles. The molecule has 0 amide bonds. The van der Waals surface area contributed by atoms with E-state index >= 15 is 0 Å². The number of benzene rings is 1. The lowest BCUT2D eigenvalue weighted by molar-refractivity contribution is -0.0163. The van der Waals surface area contributed by atoms with Crippen molar-refractivity contribution in [2.45, 2.75) is 25.8 Å². The highest BCUT2D eigenvalue weighted by Gasteiger charge is 2.32. The Bertz CT molecular complexity index is 461. The molecule has 1 unspecified atom stereocenters. The molecule has 1 fully saturated rings. The Morgan fingerprint density at radius 3 is 2.76 bits per heavy atom. The lowest BCUT2D eigenvalue weighted by atomic mass is 9.80. The van der Waals surface area contributed by atoms with Crippen molar-refractivity contribution in [3.8, 4) is 5.75 Å². The van der Waals surface area contributed by atoms with Crippen molar-refractivity contribution in [1.82, 2.24) is 5.32 Å². The molecule has 1 heterocycles. The second-order valence-electron chi connectivity index (χ2n) is 5.76. The Balaban J connectivity index is 2.04. The summed E-state index contributed by atoms with van der Waals surface area (Å²) < 4.78 is 10.8. The maximum absolute atomic E-state index is 9.73. The van der Waals surface area contributed by atoms with E-state index in [-0.39, 0.29) is 18.1 Å². The Hall–Kier alpha value is -0.810. The summed E-state index contributed by atoms with van der Waals surface area (Å²) in [5.41, 5.74) is 0.948. The van der Waals surface area contributed by atoms with Gasteiger partial charge >= 0.3 is 0 Å². The van der Waals surface area contributed by atoms with Gasteiger partial charge in [0.25, 0.3) is 0 Å². The fourth-order valence-electron chi connectivity index (χ4n) is 2.72. The lowest BCUT2D eigenvalue weighted by Crippen LogP contribution is -2.42. The van der Waals surface area contributed by atoms with Crippen LogP contribution in [0.15, 0.2) is 18.2 Å². The molecule has 1 saturated heterocycles. The number of aliphatic hydroxyl groups excluding tert-OH is 1. The number of hydrogen-bond donors (Lipinski definition) is 2. The molecule has 1 atom stereocenters. The third-order valence-corrected chi connectivity index (χ3v) is 4.57. The third-order valence-electron chi connectivity index (χ3n) is 4.33. The summed E-state index contributed by atoms with van der Waals surface area (Å²) in [6.45, 7) is 4.46. The number of methoxy groups -OCH3 is 1. The van der Waals surface area contributed by atoms with E-state index in [0.29, 0.717) is 5.02 Å². The van der Waals surface area contributed by atoms with E-state index in [0.717, 1.165) is 43.9 Å². The zero-order valence-electron chi connectivity index (χ0n) is 12.7. The minimum atomic E-state index is -0.0850. The van der Waals surface area contributed by atoms with Gasteiger partial charge in [0.05, 0.1) is 13.7 Å². The Kier molecular flexibility index (Phi) is 5.88. The minimum Gasteiger partial charge on any atom is -0.496 e. The van der Waals surface area contributed by atoms with E-state index < -0.39 is 0 Å². The predicted octanol–water partition coefficient (Wildman–Crippen LogP) is 2.79. The summed E-state index contributed by atoms with van der Waals surface area (Å²) >= 11 is 6.08. The second-order valence-corrected chi connectivity index (χ2v) is 6.20. The first kappa shape index (κ1) is 16.6. The fraction of sp³-hybridized carbons (Fsp3) is 0.625. The van der Waals surface area contributed by atoms with Crippen LogP contribution < -0.4 is 10.1 Å². The summed E-state index contributed by atoms with van der Waals surface area (Å²) in [7, 11) is 1.66. The Labute approximate surface area is 131 Å². The highest BCUT2D eigenvalue weighted by atomic mass is 35.5. The first-order valence-corrected chi connectivity index (χ1v) is 7.73. The summed E-state index contributed by atoms with van der Waals surface area (Å²) in [6, 6.07) is 5.73. The van der Waals surface area contributed by atoms with Crippen LogP contribution in [0.4, 0.5) is 0 Å². The van der Waals surface area contributed by atoms with Gasteiger partial charge < -0.3 is 19.9 Å². The summed E-state index contributed by atoms with van der Waals surface area (Å²) in [5.74, 6) is 0.824. The molecule has 1 aromatic rings. The number of aliphatic hydroxyl groups is 1. The SMILES string of the molecule is COc1ccc(Cl)cc1C(C)NCC1(CO)CCOCC1. The molecule has 0 bridgehead atoms. The maximum atomic E-state index is 9.73. The van der Waals surface area contributed by atoms with Gasteiger partial charge in [-0.05, 0) is 38.0 Å². The van der Waals surface area contributed by atoms with Gasteiger partial charge in [-0.2, -0.15) is 0 Å². The van der Waals surface area contributed by atoms with Crippen LogP contribution in [0.5, 0.6) is 5.75 Å². The number of hydrogen-bond acceptors (Lipinski definition) is 4. The van der Waals surface area contributed by atoms with Gasteiger partial charge in [-0.25, -0.2) is 0 Å². The van der Waals surface area contributed by atoms with E-state index in [4.69, 9.17) is 21.1 Å². The summed E-state index contributed by atoms with van der Waals surface area (Å²) in [4.78, 5) is 0. The minimum absolute atomic E-state index is 0.0850.